The van der Waals surface area contributed by atoms with Crippen molar-refractivity contribution in [2.45, 2.75) is 56.9 Å². The lowest BCUT2D eigenvalue weighted by Gasteiger charge is -2.16. The summed E-state index contributed by atoms with van der Waals surface area (Å²) in [5.41, 5.74) is 4.76. The maximum atomic E-state index is 12.4. The fourth-order valence-electron chi connectivity index (χ4n) is 5.78. The van der Waals surface area contributed by atoms with Crippen LogP contribution in [0.5, 0.6) is 5.75 Å². The predicted molar refractivity (Wildman–Crippen MR) is 180 cm³/mol. The highest BCUT2D eigenvalue weighted by molar-refractivity contribution is 7.91. The maximum absolute atomic E-state index is 12.4. The Bertz CT molecular complexity index is 1880. The second-order valence-electron chi connectivity index (χ2n) is 11.5. The summed E-state index contributed by atoms with van der Waals surface area (Å²) in [6.07, 6.45) is 7.52. The van der Waals surface area contributed by atoms with Gasteiger partial charge in [-0.25, -0.2) is 13.4 Å². The number of hydrogen-bond acceptors (Lipinski definition) is 6. The van der Waals surface area contributed by atoms with Crippen LogP contribution in [0.2, 0.25) is 0 Å². The number of unbranched alkanes of at least 4 members (excludes halogenated alkanes) is 3. The first-order chi connectivity index (χ1) is 21.2. The number of nitrogens with zero attached hydrogens (tertiary/aromatic N) is 3. The Morgan fingerprint density at radius 2 is 1.61 bits per heavy atom. The van der Waals surface area contributed by atoms with Crippen molar-refractivity contribution in [3.05, 3.63) is 84.4 Å². The molecular formula is C36H41N3O4S. The van der Waals surface area contributed by atoms with Crippen LogP contribution in [0.4, 0.5) is 5.69 Å². The third-order valence-electron chi connectivity index (χ3n) is 7.97. The number of carbonyl (C=O) groups is 1. The van der Waals surface area contributed by atoms with Crippen LogP contribution in [0.3, 0.4) is 0 Å². The molecule has 0 saturated heterocycles. The number of imidazole rings is 1. The number of ether oxygens (including phenoxy) is 1. The molecule has 2 heterocycles. The van der Waals surface area contributed by atoms with Crippen LogP contribution in [0.15, 0.2) is 83.8 Å². The van der Waals surface area contributed by atoms with Crippen molar-refractivity contribution in [3.8, 4) is 17.1 Å². The molecule has 0 spiro atoms. The molecule has 6 rings (SSSR count). The molecule has 0 unspecified atom stereocenters. The van der Waals surface area contributed by atoms with E-state index in [1.165, 1.54) is 25.5 Å². The standard InChI is InChI=1S/C23H26N2O2.C13H15NO2S/c1-2-3-4-5-16-27-18-13-11-17(12-14-18)23-24-20-9-6-8-19-21(26)10-7-15-25(23)22(19)20;1-14(2)12-8-4-7-11-10(12)6-5-9-13(11)17(3,15)16/h6,8-9,11-14H,2-5,7,10,15-16H2,1H3;4-9H,1-3H3. The van der Waals surface area contributed by atoms with E-state index in [2.05, 4.69) is 23.6 Å². The highest BCUT2D eigenvalue weighted by atomic mass is 32.2. The van der Waals surface area contributed by atoms with Crippen LogP contribution in [-0.2, 0) is 16.4 Å². The molecule has 1 aliphatic heterocycles. The summed E-state index contributed by atoms with van der Waals surface area (Å²) >= 11 is 0. The molecule has 5 aromatic rings. The average molecular weight is 612 g/mol. The van der Waals surface area contributed by atoms with Crippen molar-refractivity contribution in [1.29, 1.82) is 0 Å². The van der Waals surface area contributed by atoms with Crippen LogP contribution in [0.1, 0.15) is 55.8 Å². The van der Waals surface area contributed by atoms with Gasteiger partial charge in [-0.05, 0) is 61.4 Å². The van der Waals surface area contributed by atoms with E-state index < -0.39 is 9.84 Å². The number of benzene rings is 4. The third kappa shape index (κ3) is 6.81. The molecule has 230 valence electrons. The summed E-state index contributed by atoms with van der Waals surface area (Å²) in [6.45, 7) is 3.81. The normalized spacial score (nSPS) is 13.0. The number of aryl methyl sites for hydroxylation is 1. The lowest BCUT2D eigenvalue weighted by atomic mass is 10.1. The molecule has 0 atom stereocenters. The Hall–Kier alpha value is -4.17. The zero-order valence-corrected chi connectivity index (χ0v) is 26.9. The van der Waals surface area contributed by atoms with Gasteiger partial charge in [-0.3, -0.25) is 4.79 Å². The van der Waals surface area contributed by atoms with E-state index in [1.807, 2.05) is 73.6 Å². The molecule has 4 aromatic carbocycles. The number of hydrogen-bond donors (Lipinski definition) is 0. The number of fused-ring (bicyclic) bond motifs is 1. The Balaban J connectivity index is 0.000000195. The number of anilines is 1. The third-order valence-corrected chi connectivity index (χ3v) is 9.13. The molecule has 0 bridgehead atoms. The topological polar surface area (TPSA) is 81.5 Å². The van der Waals surface area contributed by atoms with E-state index in [0.717, 1.165) is 76.2 Å². The van der Waals surface area contributed by atoms with Crippen molar-refractivity contribution in [1.82, 2.24) is 9.55 Å². The van der Waals surface area contributed by atoms with Gasteiger partial charge < -0.3 is 14.2 Å². The van der Waals surface area contributed by atoms with E-state index >= 15 is 0 Å². The second-order valence-corrected chi connectivity index (χ2v) is 13.5. The van der Waals surface area contributed by atoms with Crippen LogP contribution in [0, 0.1) is 0 Å². The van der Waals surface area contributed by atoms with Gasteiger partial charge in [0.2, 0.25) is 0 Å². The van der Waals surface area contributed by atoms with E-state index in [-0.39, 0.29) is 5.78 Å². The van der Waals surface area contributed by atoms with Crippen LogP contribution < -0.4 is 9.64 Å². The molecule has 1 aromatic heterocycles. The Kier molecular flexibility index (Phi) is 9.69. The molecule has 0 saturated carbocycles. The molecule has 8 heteroatoms. The number of carbonyl (C=O) groups excluding carboxylic acids is 1. The summed E-state index contributed by atoms with van der Waals surface area (Å²) in [5, 5.41) is 1.74. The first kappa shape index (κ1) is 31.3. The van der Waals surface area contributed by atoms with Crippen LogP contribution >= 0.6 is 0 Å². The molecule has 7 nitrogen and oxygen atoms in total. The Morgan fingerprint density at radius 1 is 0.886 bits per heavy atom. The maximum Gasteiger partial charge on any atom is 0.176 e. The van der Waals surface area contributed by atoms with E-state index in [1.54, 1.807) is 12.1 Å². The summed E-state index contributed by atoms with van der Waals surface area (Å²) in [6, 6.07) is 25.1. The monoisotopic (exact) mass is 611 g/mol. The van der Waals surface area contributed by atoms with Crippen molar-refractivity contribution >= 4 is 43.1 Å². The van der Waals surface area contributed by atoms with Gasteiger partial charge in [-0.1, -0.05) is 56.5 Å². The van der Waals surface area contributed by atoms with E-state index in [4.69, 9.17) is 9.72 Å². The Morgan fingerprint density at radius 3 is 2.34 bits per heavy atom. The zero-order valence-electron chi connectivity index (χ0n) is 26.0. The van der Waals surface area contributed by atoms with E-state index in [9.17, 15) is 13.2 Å². The summed E-state index contributed by atoms with van der Waals surface area (Å²) in [5.74, 6) is 2.05. The second kappa shape index (κ2) is 13.6. The summed E-state index contributed by atoms with van der Waals surface area (Å²) < 4.78 is 31.5. The summed E-state index contributed by atoms with van der Waals surface area (Å²) in [7, 11) is 0.702. The molecular weight excluding hydrogens is 570 g/mol. The fourth-order valence-corrected chi connectivity index (χ4v) is 6.68. The molecule has 1 aliphatic rings. The SMILES string of the molecule is CCCCCCOc1ccc(-c2nc3cccc4c3n2CCCC4=O)cc1.CN(C)c1cccc2c(S(C)(=O)=O)cccc12. The smallest absolute Gasteiger partial charge is 0.176 e. The van der Waals surface area contributed by atoms with Crippen molar-refractivity contribution in [2.75, 3.05) is 31.9 Å². The van der Waals surface area contributed by atoms with Crippen LogP contribution in [-0.4, -0.2) is 50.7 Å². The number of rotatable bonds is 9. The lowest BCUT2D eigenvalue weighted by molar-refractivity contribution is 0.0982. The van der Waals surface area contributed by atoms with Gasteiger partial charge in [0.15, 0.2) is 15.6 Å². The van der Waals surface area contributed by atoms with Gasteiger partial charge in [0, 0.05) is 60.9 Å². The number of aromatic nitrogens is 2. The highest BCUT2D eigenvalue weighted by Crippen LogP contribution is 2.32. The lowest BCUT2D eigenvalue weighted by Crippen LogP contribution is -2.09. The molecule has 44 heavy (non-hydrogen) atoms. The van der Waals surface area contributed by atoms with Crippen molar-refractivity contribution in [3.63, 3.8) is 0 Å². The Labute approximate surface area is 260 Å². The van der Waals surface area contributed by atoms with Crippen molar-refractivity contribution in [2.24, 2.45) is 0 Å². The van der Waals surface area contributed by atoms with Gasteiger partial charge in [0.25, 0.3) is 0 Å². The molecule has 0 aliphatic carbocycles. The molecule has 0 radical (unpaired) electrons. The van der Waals surface area contributed by atoms with Gasteiger partial charge in [-0.15, -0.1) is 0 Å². The zero-order chi connectivity index (χ0) is 31.3. The predicted octanol–water partition coefficient (Wildman–Crippen LogP) is 7.95. The number of Topliss-reactive ketones (excluding diaryl/α,β-unsaturated/α-hetero) is 1. The number of para-hydroxylation sites is 1. The minimum absolute atomic E-state index is 0.220. The minimum Gasteiger partial charge on any atom is -0.494 e. The first-order valence-electron chi connectivity index (χ1n) is 15.3. The van der Waals surface area contributed by atoms with Gasteiger partial charge in [0.05, 0.1) is 22.5 Å². The quantitative estimate of drug-likeness (QED) is 0.157. The molecule has 0 amide bonds. The van der Waals surface area contributed by atoms with Gasteiger partial charge in [0.1, 0.15) is 11.6 Å². The largest absolute Gasteiger partial charge is 0.494 e. The molecule has 0 N–H and O–H groups in total. The van der Waals surface area contributed by atoms with Crippen LogP contribution in [0.25, 0.3) is 33.2 Å². The van der Waals surface area contributed by atoms with E-state index in [0.29, 0.717) is 11.3 Å². The summed E-state index contributed by atoms with van der Waals surface area (Å²) in [4.78, 5) is 19.6. The molecule has 0 fully saturated rings. The number of sulfone groups is 1. The van der Waals surface area contributed by atoms with Gasteiger partial charge in [-0.2, -0.15) is 0 Å². The minimum atomic E-state index is -3.19. The highest BCUT2D eigenvalue weighted by Gasteiger charge is 2.22. The average Bonchev–Trinajstić information content (AvgIpc) is 3.29. The fraction of sp³-hybridized carbons (Fsp3) is 0.333. The number of ketones is 1. The van der Waals surface area contributed by atoms with Gasteiger partial charge >= 0.3 is 0 Å². The van der Waals surface area contributed by atoms with Crippen molar-refractivity contribution < 1.29 is 17.9 Å². The first-order valence-corrected chi connectivity index (χ1v) is 17.2.